The van der Waals surface area contributed by atoms with E-state index in [9.17, 15) is 73.3 Å². The van der Waals surface area contributed by atoms with Crippen LogP contribution in [0.25, 0.3) is 0 Å². The van der Waals surface area contributed by atoms with Crippen LogP contribution in [0.4, 0.5) is 43.9 Å². The van der Waals surface area contributed by atoms with Crippen molar-refractivity contribution in [2.75, 3.05) is 105 Å². The number of ether oxygens (including phenoxy) is 12. The van der Waals surface area contributed by atoms with E-state index in [0.717, 1.165) is 22.3 Å². The lowest BCUT2D eigenvalue weighted by Crippen LogP contribution is -2.42. The van der Waals surface area contributed by atoms with Crippen LogP contribution in [0.1, 0.15) is 177 Å². The first-order valence-electron chi connectivity index (χ1n) is 35.4. The van der Waals surface area contributed by atoms with Crippen molar-refractivity contribution in [3.8, 4) is 34.5 Å². The second kappa shape index (κ2) is 43.0. The van der Waals surface area contributed by atoms with Crippen LogP contribution < -0.4 is 28.4 Å². The van der Waals surface area contributed by atoms with Crippen molar-refractivity contribution in [1.82, 2.24) is 0 Å². The average Bonchev–Trinajstić information content (AvgIpc) is 0.756. The minimum atomic E-state index is -5.58. The van der Waals surface area contributed by atoms with Crippen molar-refractivity contribution in [3.63, 3.8) is 0 Å². The normalized spacial score (nSPS) is 17.5. The minimum Gasteiger partial charge on any atom is -0.492 e. The van der Waals surface area contributed by atoms with Gasteiger partial charge >= 0.3 is 48.1 Å². The Morgan fingerprint density at radius 1 is 0.434 bits per heavy atom. The molecule has 6 rings (SSSR count). The zero-order chi connectivity index (χ0) is 78.2. The molecule has 18 nitrogen and oxygen atoms in total. The highest BCUT2D eigenvalue weighted by Crippen LogP contribution is 2.53. The highest BCUT2D eigenvalue weighted by molar-refractivity contribution is 7.99. The van der Waals surface area contributed by atoms with Crippen molar-refractivity contribution < 1.29 is 130 Å². The number of benzene rings is 4. The lowest BCUT2D eigenvalue weighted by Gasteiger charge is -2.43. The SMILES string of the molecule is CCOC(=O)C(CCCCSCCCC(F)(F)C(F)(F)F)(CCCC[C@@H]1c2ccc(OCOC)cc2OC[C@]1(C)c1ccc(OCOC)cc1)C(=O)OCC.COCOc1ccc([C@@]2(C)COc3cc(OCOC)ccc3[C@H]2CCCCC(CCCCSCCCC(F)(F)C(F)(F)F)(C(=O)O)C(=O)O)cc1. The molecule has 0 unspecified atom stereocenters. The van der Waals surface area contributed by atoms with Crippen LogP contribution in [0.15, 0.2) is 84.9 Å². The first kappa shape index (κ1) is 90.0. The Labute approximate surface area is 622 Å². The number of aliphatic carboxylic acids is 2. The predicted molar refractivity (Wildman–Crippen MR) is 380 cm³/mol. The summed E-state index contributed by atoms with van der Waals surface area (Å²) in [5, 5.41) is 20.2. The van der Waals surface area contributed by atoms with Crippen molar-refractivity contribution >= 4 is 47.4 Å². The van der Waals surface area contributed by atoms with Crippen molar-refractivity contribution in [1.29, 1.82) is 0 Å². The fourth-order valence-corrected chi connectivity index (χ4v) is 15.1. The Morgan fingerprint density at radius 2 is 0.745 bits per heavy atom. The van der Waals surface area contributed by atoms with Crippen LogP contribution in [0, 0.1) is 10.8 Å². The fraction of sp³-hybridized carbons (Fsp3) is 0.632. The van der Waals surface area contributed by atoms with Gasteiger partial charge in [-0.2, -0.15) is 67.4 Å². The number of fused-ring (bicyclic) bond motifs is 2. The number of hydrogen-bond acceptors (Lipinski definition) is 18. The van der Waals surface area contributed by atoms with E-state index in [1.54, 1.807) is 34.1 Å². The van der Waals surface area contributed by atoms with Gasteiger partial charge in [0.25, 0.3) is 0 Å². The van der Waals surface area contributed by atoms with Crippen LogP contribution in [0.5, 0.6) is 34.5 Å². The first-order chi connectivity index (χ1) is 50.3. The van der Waals surface area contributed by atoms with Crippen LogP contribution in [0.3, 0.4) is 0 Å². The molecule has 4 aromatic rings. The van der Waals surface area contributed by atoms with Gasteiger partial charge in [-0.3, -0.25) is 19.2 Å². The molecular formula is C76H102F10O18S2. The number of rotatable bonds is 48. The van der Waals surface area contributed by atoms with E-state index in [1.165, 1.54) is 37.7 Å². The van der Waals surface area contributed by atoms with E-state index in [2.05, 4.69) is 13.8 Å². The van der Waals surface area contributed by atoms with Gasteiger partial charge in [-0.15, -0.1) is 0 Å². The van der Waals surface area contributed by atoms with Crippen LogP contribution in [0.2, 0.25) is 0 Å². The van der Waals surface area contributed by atoms with E-state index < -0.39 is 82.6 Å². The Balaban J connectivity index is 0.000000382. The molecule has 2 aliphatic rings. The molecule has 4 aromatic carbocycles. The number of carbonyl (C=O) groups excluding carboxylic acids is 2. The molecule has 596 valence electrons. The average molecular weight is 1560 g/mol. The molecule has 0 saturated heterocycles. The standard InChI is InChI=1S/C40H55F5O9S.C36H47F5O9S/c1-6-50-35(46)38(36(47)51-7-2,21-10-11-23-55-24-12-22-39(41,42)40(43,44)45)20-9-8-13-33-32-19-18-31(54-28-49-5)25-34(32)52-26-37(33,3)29-14-16-30(17-15-29)53-27-48-4;1-33(25-10-12-26(13-11-25)49-23-46-2)22-48-30-21-27(50-24-47-3)14-15-28(30)29(33)9-4-5-16-34(31(42)43,32(44)45)17-6-7-19-51-20-8-18-35(37,38)36(39,40)41/h14-19,25,33H,6-13,20-24,26-28H2,1-5H3;10-15,21,29H,4-9,16-20,22-24H2,1-3H3,(H,42,43)(H,44,45)/t33-,37-;29-,33-/m11/s1. The Hall–Kier alpha value is -6.60. The maximum absolute atomic E-state index is 13.6. The van der Waals surface area contributed by atoms with Gasteiger partial charge in [0.15, 0.2) is 38.0 Å². The molecule has 0 fully saturated rings. The molecule has 106 heavy (non-hydrogen) atoms. The fourth-order valence-electron chi connectivity index (χ4n) is 13.2. The maximum Gasteiger partial charge on any atom is 0.453 e. The largest absolute Gasteiger partial charge is 0.492 e. The highest BCUT2D eigenvalue weighted by Gasteiger charge is 2.58. The number of halogens is 10. The number of hydrogen-bond donors (Lipinski definition) is 2. The molecule has 2 aliphatic heterocycles. The summed E-state index contributed by atoms with van der Waals surface area (Å²) in [7, 11) is 6.16. The number of methoxy groups -OCH3 is 4. The Morgan fingerprint density at radius 3 is 1.07 bits per heavy atom. The van der Waals surface area contributed by atoms with Gasteiger partial charge in [0.1, 0.15) is 34.5 Å². The van der Waals surface area contributed by atoms with Crippen molar-refractivity contribution in [2.24, 2.45) is 10.8 Å². The summed E-state index contributed by atoms with van der Waals surface area (Å²) < 4.78 is 193. The third kappa shape index (κ3) is 25.2. The smallest absolute Gasteiger partial charge is 0.453 e. The molecular weight excluding hydrogens is 1450 g/mol. The van der Waals surface area contributed by atoms with Gasteiger partial charge in [0.05, 0.1) is 26.4 Å². The Kier molecular flexibility index (Phi) is 36.5. The third-order valence-electron chi connectivity index (χ3n) is 19.2. The summed E-state index contributed by atoms with van der Waals surface area (Å²) in [6, 6.07) is 26.8. The van der Waals surface area contributed by atoms with E-state index in [-0.39, 0.29) is 109 Å². The summed E-state index contributed by atoms with van der Waals surface area (Å²) in [5.41, 5.74) is -0.530. The number of carboxylic acid groups (broad SMARTS) is 2. The van der Waals surface area contributed by atoms with Crippen LogP contribution in [-0.4, -0.2) is 163 Å². The minimum absolute atomic E-state index is 0.0221. The first-order valence-corrected chi connectivity index (χ1v) is 37.7. The van der Waals surface area contributed by atoms with Crippen LogP contribution >= 0.6 is 23.5 Å². The molecule has 30 heteroatoms. The van der Waals surface area contributed by atoms with Gasteiger partial charge < -0.3 is 67.1 Å². The number of carbonyl (C=O) groups is 4. The molecule has 0 amide bonds. The lowest BCUT2D eigenvalue weighted by atomic mass is 9.66. The number of thioether (sulfide) groups is 2. The lowest BCUT2D eigenvalue weighted by molar-refractivity contribution is -0.284. The molecule has 2 heterocycles. The molecule has 0 aromatic heterocycles. The molecule has 4 atom stereocenters. The second-order valence-electron chi connectivity index (χ2n) is 26.6. The molecule has 0 aliphatic carbocycles. The van der Waals surface area contributed by atoms with Gasteiger partial charge in [0.2, 0.25) is 0 Å². The zero-order valence-corrected chi connectivity index (χ0v) is 63.1. The molecule has 0 bridgehead atoms. The Bertz CT molecular complexity index is 3280. The molecule has 2 N–H and O–H groups in total. The quantitative estimate of drug-likeness (QED) is 0.0138. The van der Waals surface area contributed by atoms with Crippen molar-refractivity contribution in [3.05, 3.63) is 107 Å². The second-order valence-corrected chi connectivity index (χ2v) is 29.1. The monoisotopic (exact) mass is 1560 g/mol. The number of alkyl halides is 10. The predicted octanol–water partition coefficient (Wildman–Crippen LogP) is 18.3. The summed E-state index contributed by atoms with van der Waals surface area (Å²) in [4.78, 5) is 51.9. The number of unbranched alkanes of at least 4 members (excludes halogenated alkanes) is 4. The topological polar surface area (TPSA) is 219 Å². The zero-order valence-electron chi connectivity index (χ0n) is 61.5. The number of carboxylic acids is 2. The summed E-state index contributed by atoms with van der Waals surface area (Å²) in [6.07, 6.45) is -9.37. The van der Waals surface area contributed by atoms with E-state index in [4.69, 9.17) is 56.8 Å². The van der Waals surface area contributed by atoms with Crippen molar-refractivity contribution in [2.45, 2.75) is 190 Å². The number of esters is 2. The van der Waals surface area contributed by atoms with E-state index in [1.807, 2.05) is 78.9 Å². The molecule has 0 saturated carbocycles. The van der Waals surface area contributed by atoms with Gasteiger partial charge in [-0.1, -0.05) is 88.8 Å². The summed E-state index contributed by atoms with van der Waals surface area (Å²) in [5.74, 6) is -8.82. The summed E-state index contributed by atoms with van der Waals surface area (Å²) >= 11 is 2.44. The summed E-state index contributed by atoms with van der Waals surface area (Å²) in [6.45, 7) is 8.83. The molecule has 0 spiro atoms. The van der Waals surface area contributed by atoms with E-state index >= 15 is 0 Å². The highest BCUT2D eigenvalue weighted by atomic mass is 32.2. The van der Waals surface area contributed by atoms with Crippen LogP contribution in [-0.2, 0) is 58.4 Å². The molecule has 0 radical (unpaired) electrons. The van der Waals surface area contributed by atoms with Gasteiger partial charge in [0, 0.05) is 76.1 Å². The van der Waals surface area contributed by atoms with Gasteiger partial charge in [-0.25, -0.2) is 0 Å². The van der Waals surface area contributed by atoms with Gasteiger partial charge in [-0.05, 0) is 160 Å². The maximum atomic E-state index is 13.6. The third-order valence-corrected chi connectivity index (χ3v) is 21.5. The van der Waals surface area contributed by atoms with E-state index in [0.29, 0.717) is 117 Å².